The average molecular weight is 381 g/mol. The maximum absolute atomic E-state index is 12.6. The Morgan fingerprint density at radius 2 is 2.14 bits per heavy atom. The van der Waals surface area contributed by atoms with Crippen molar-refractivity contribution in [1.29, 1.82) is 0 Å². The van der Waals surface area contributed by atoms with E-state index in [1.165, 1.54) is 6.92 Å². The molecule has 2 aliphatic heterocycles. The monoisotopic (exact) mass is 381 g/mol. The highest BCUT2D eigenvalue weighted by Crippen LogP contribution is 2.41. The van der Waals surface area contributed by atoms with Crippen molar-refractivity contribution < 1.29 is 4.79 Å². The number of carbonyl (C=O) groups is 1. The number of piperidine rings is 1. The number of nitrogens with zero attached hydrogens (tertiary/aromatic N) is 4. The van der Waals surface area contributed by atoms with Gasteiger partial charge in [-0.1, -0.05) is 13.0 Å². The molecule has 148 valence electrons. The van der Waals surface area contributed by atoms with E-state index in [9.17, 15) is 9.59 Å². The number of fused-ring (bicyclic) bond motifs is 4. The molecule has 0 radical (unpaired) electrons. The second kappa shape index (κ2) is 7.37. The predicted octanol–water partition coefficient (Wildman–Crippen LogP) is 1.81. The van der Waals surface area contributed by atoms with Gasteiger partial charge in [0.2, 0.25) is 11.9 Å². The molecule has 7 heteroatoms. The van der Waals surface area contributed by atoms with Crippen molar-refractivity contribution in [1.82, 2.24) is 19.9 Å². The summed E-state index contributed by atoms with van der Waals surface area (Å²) in [6, 6.07) is 5.43. The number of anilines is 1. The van der Waals surface area contributed by atoms with Crippen LogP contribution in [0.5, 0.6) is 0 Å². The summed E-state index contributed by atoms with van der Waals surface area (Å²) in [6.07, 6.45) is 3.79. The lowest BCUT2D eigenvalue weighted by atomic mass is 9.78. The Balaban J connectivity index is 1.70. The molecule has 2 aromatic rings. The van der Waals surface area contributed by atoms with E-state index in [1.54, 1.807) is 6.07 Å². The van der Waals surface area contributed by atoms with E-state index in [-0.39, 0.29) is 29.3 Å². The molecule has 0 aliphatic carbocycles. The second-order valence-electron chi connectivity index (χ2n) is 7.91. The van der Waals surface area contributed by atoms with Gasteiger partial charge in [-0.05, 0) is 37.3 Å². The standard InChI is InChI=1S/C21H27N5O2/c1-4-17-13(2)9-23-21(24-17)25-11-15-8-16(12-25)19(10-22-14(3)27)26-18(15)6-5-7-20(26)28/h5-7,9,15-16,19H,4,8,10-12H2,1-3H3,(H,22,27)/t15-,16+,19+/m1/s1. The van der Waals surface area contributed by atoms with Gasteiger partial charge in [0.25, 0.3) is 5.56 Å². The number of hydrogen-bond acceptors (Lipinski definition) is 5. The SMILES string of the molecule is CCc1nc(N2C[C@H]3C[C@@H](C2)[C@H](CNC(C)=O)n2c3cccc2=O)ncc1C. The van der Waals surface area contributed by atoms with Gasteiger partial charge in [-0.25, -0.2) is 9.97 Å². The van der Waals surface area contributed by atoms with Crippen molar-refractivity contribution in [3.63, 3.8) is 0 Å². The van der Waals surface area contributed by atoms with Crippen LogP contribution in [-0.2, 0) is 11.2 Å². The molecule has 0 aromatic carbocycles. The van der Waals surface area contributed by atoms with E-state index in [2.05, 4.69) is 22.1 Å². The van der Waals surface area contributed by atoms with Crippen LogP contribution in [0.25, 0.3) is 0 Å². The van der Waals surface area contributed by atoms with E-state index in [4.69, 9.17) is 4.98 Å². The van der Waals surface area contributed by atoms with Crippen LogP contribution in [0.15, 0.2) is 29.2 Å². The van der Waals surface area contributed by atoms with Crippen molar-refractivity contribution in [2.24, 2.45) is 5.92 Å². The van der Waals surface area contributed by atoms with Gasteiger partial charge in [-0.15, -0.1) is 0 Å². The van der Waals surface area contributed by atoms with Crippen LogP contribution in [0.3, 0.4) is 0 Å². The molecular formula is C21H27N5O2. The van der Waals surface area contributed by atoms with Gasteiger partial charge in [-0.3, -0.25) is 9.59 Å². The Morgan fingerprint density at radius 3 is 2.89 bits per heavy atom. The third kappa shape index (κ3) is 3.30. The summed E-state index contributed by atoms with van der Waals surface area (Å²) >= 11 is 0. The molecule has 3 atom stereocenters. The fourth-order valence-corrected chi connectivity index (χ4v) is 4.69. The number of amides is 1. The first-order valence-electron chi connectivity index (χ1n) is 10.0. The maximum atomic E-state index is 12.6. The molecule has 2 bridgehead atoms. The lowest BCUT2D eigenvalue weighted by Crippen LogP contribution is -2.52. The lowest BCUT2D eigenvalue weighted by Gasteiger charge is -2.47. The molecule has 0 unspecified atom stereocenters. The Morgan fingerprint density at radius 1 is 1.32 bits per heavy atom. The summed E-state index contributed by atoms with van der Waals surface area (Å²) in [5.41, 5.74) is 3.25. The minimum Gasteiger partial charge on any atom is -0.354 e. The van der Waals surface area contributed by atoms with Gasteiger partial charge in [0.1, 0.15) is 0 Å². The van der Waals surface area contributed by atoms with Gasteiger partial charge in [0, 0.05) is 56.1 Å². The fraction of sp³-hybridized carbons (Fsp3) is 0.524. The molecule has 2 aromatic heterocycles. The zero-order valence-electron chi connectivity index (χ0n) is 16.7. The number of aryl methyl sites for hydroxylation is 2. The first-order chi connectivity index (χ1) is 13.5. The largest absolute Gasteiger partial charge is 0.354 e. The maximum Gasteiger partial charge on any atom is 0.251 e. The number of carbonyl (C=O) groups excluding carboxylic acids is 1. The van der Waals surface area contributed by atoms with Gasteiger partial charge in [-0.2, -0.15) is 0 Å². The Bertz CT molecular complexity index is 954. The summed E-state index contributed by atoms with van der Waals surface area (Å²) < 4.78 is 1.90. The molecular weight excluding hydrogens is 354 g/mol. The first kappa shape index (κ1) is 18.7. The molecule has 2 aliphatic rings. The minimum absolute atomic E-state index is 0.0101. The quantitative estimate of drug-likeness (QED) is 0.874. The minimum atomic E-state index is -0.0743. The molecule has 4 rings (SSSR count). The predicted molar refractivity (Wildman–Crippen MR) is 108 cm³/mol. The number of aromatic nitrogens is 3. The topological polar surface area (TPSA) is 80.1 Å². The van der Waals surface area contributed by atoms with Gasteiger partial charge >= 0.3 is 0 Å². The highest BCUT2D eigenvalue weighted by atomic mass is 16.1. The molecule has 28 heavy (non-hydrogen) atoms. The summed E-state index contributed by atoms with van der Waals surface area (Å²) in [6.45, 7) is 7.72. The van der Waals surface area contributed by atoms with Crippen LogP contribution in [0.1, 0.15) is 49.2 Å². The summed E-state index contributed by atoms with van der Waals surface area (Å²) in [5, 5.41) is 2.92. The Labute approximate surface area is 164 Å². The fourth-order valence-electron chi connectivity index (χ4n) is 4.69. The zero-order chi connectivity index (χ0) is 19.8. The van der Waals surface area contributed by atoms with Crippen LogP contribution < -0.4 is 15.8 Å². The molecule has 0 spiro atoms. The molecule has 0 saturated carbocycles. The van der Waals surface area contributed by atoms with E-state index in [1.807, 2.05) is 29.8 Å². The van der Waals surface area contributed by atoms with E-state index in [0.29, 0.717) is 6.54 Å². The highest BCUT2D eigenvalue weighted by molar-refractivity contribution is 5.72. The molecule has 1 N–H and O–H groups in total. The van der Waals surface area contributed by atoms with Gasteiger partial charge in [0.05, 0.1) is 6.04 Å². The van der Waals surface area contributed by atoms with Crippen molar-refractivity contribution in [2.75, 3.05) is 24.5 Å². The van der Waals surface area contributed by atoms with Crippen molar-refractivity contribution in [2.45, 2.75) is 45.6 Å². The van der Waals surface area contributed by atoms with Gasteiger partial charge < -0.3 is 14.8 Å². The summed E-state index contributed by atoms with van der Waals surface area (Å²) in [4.78, 5) is 35.8. The smallest absolute Gasteiger partial charge is 0.251 e. The summed E-state index contributed by atoms with van der Waals surface area (Å²) in [5.74, 6) is 1.21. The average Bonchev–Trinajstić information content (AvgIpc) is 2.68. The number of nitrogens with one attached hydrogen (secondary N) is 1. The molecule has 1 amide bonds. The van der Waals surface area contributed by atoms with Crippen LogP contribution in [-0.4, -0.2) is 40.1 Å². The van der Waals surface area contributed by atoms with Gasteiger partial charge in [0.15, 0.2) is 0 Å². The Kier molecular flexibility index (Phi) is 4.91. The van der Waals surface area contributed by atoms with Crippen LogP contribution in [0.4, 0.5) is 5.95 Å². The lowest BCUT2D eigenvalue weighted by molar-refractivity contribution is -0.119. The van der Waals surface area contributed by atoms with Crippen molar-refractivity contribution >= 4 is 11.9 Å². The molecule has 1 saturated heterocycles. The Hall–Kier alpha value is -2.70. The molecule has 1 fully saturated rings. The summed E-state index contributed by atoms with van der Waals surface area (Å²) in [7, 11) is 0. The van der Waals surface area contributed by atoms with Crippen LogP contribution in [0.2, 0.25) is 0 Å². The van der Waals surface area contributed by atoms with E-state index < -0.39 is 0 Å². The molecule has 7 nitrogen and oxygen atoms in total. The van der Waals surface area contributed by atoms with Crippen LogP contribution >= 0.6 is 0 Å². The zero-order valence-corrected chi connectivity index (χ0v) is 16.7. The van der Waals surface area contributed by atoms with E-state index in [0.717, 1.165) is 48.8 Å². The number of hydrogen-bond donors (Lipinski definition) is 1. The number of pyridine rings is 1. The third-order valence-corrected chi connectivity index (χ3v) is 6.04. The molecule has 4 heterocycles. The van der Waals surface area contributed by atoms with E-state index >= 15 is 0 Å². The normalized spacial score (nSPS) is 23.2. The second-order valence-corrected chi connectivity index (χ2v) is 7.91. The first-order valence-corrected chi connectivity index (χ1v) is 10.0. The van der Waals surface area contributed by atoms with Crippen LogP contribution in [0, 0.1) is 12.8 Å². The van der Waals surface area contributed by atoms with Crippen molar-refractivity contribution in [3.05, 3.63) is 51.7 Å². The number of rotatable bonds is 4. The van der Waals surface area contributed by atoms with Crippen molar-refractivity contribution in [3.8, 4) is 0 Å². The third-order valence-electron chi connectivity index (χ3n) is 6.04. The highest BCUT2D eigenvalue weighted by Gasteiger charge is 2.41.